The highest BCUT2D eigenvalue weighted by molar-refractivity contribution is 5.90. The lowest BCUT2D eigenvalue weighted by Gasteiger charge is -2.40. The van der Waals surface area contributed by atoms with Gasteiger partial charge < -0.3 is 14.7 Å². The average Bonchev–Trinajstić information content (AvgIpc) is 2.61. The summed E-state index contributed by atoms with van der Waals surface area (Å²) in [5.41, 5.74) is -0.541. The first-order chi connectivity index (χ1) is 11.5. The Morgan fingerprint density at radius 3 is 1.79 bits per heavy atom. The van der Waals surface area contributed by atoms with Crippen LogP contribution >= 0.6 is 0 Å². The van der Waals surface area contributed by atoms with Crippen molar-refractivity contribution in [3.05, 3.63) is 71.8 Å². The summed E-state index contributed by atoms with van der Waals surface area (Å²) in [4.78, 5) is 15.0. The Morgan fingerprint density at radius 2 is 1.38 bits per heavy atom. The van der Waals surface area contributed by atoms with Crippen molar-refractivity contribution in [3.8, 4) is 0 Å². The molecule has 1 amide bonds. The molecular formula is C20H23NO3. The van der Waals surface area contributed by atoms with Crippen molar-refractivity contribution in [3.63, 3.8) is 0 Å². The highest BCUT2D eigenvalue weighted by atomic mass is 16.5. The lowest BCUT2D eigenvalue weighted by atomic mass is 9.84. The summed E-state index contributed by atoms with van der Waals surface area (Å²) in [7, 11) is 0. The number of hydrogen-bond donors (Lipinski definition) is 1. The third-order valence-corrected chi connectivity index (χ3v) is 4.40. The number of carbonyl (C=O) groups is 1. The van der Waals surface area contributed by atoms with E-state index >= 15 is 0 Å². The molecule has 0 saturated carbocycles. The van der Waals surface area contributed by atoms with E-state index < -0.39 is 5.60 Å². The fourth-order valence-electron chi connectivity index (χ4n) is 3.34. The topological polar surface area (TPSA) is 49.8 Å². The number of amides is 1. The van der Waals surface area contributed by atoms with Crippen LogP contribution in [0.25, 0.3) is 0 Å². The van der Waals surface area contributed by atoms with E-state index in [1.165, 1.54) is 0 Å². The first kappa shape index (κ1) is 16.7. The van der Waals surface area contributed by atoms with Crippen LogP contribution in [0.4, 0.5) is 0 Å². The lowest BCUT2D eigenvalue weighted by molar-refractivity contribution is -0.159. The molecule has 4 nitrogen and oxygen atoms in total. The zero-order valence-electron chi connectivity index (χ0n) is 14.1. The summed E-state index contributed by atoms with van der Waals surface area (Å²) in [6.07, 6.45) is -0.0954. The second-order valence-electron chi connectivity index (χ2n) is 6.41. The van der Waals surface area contributed by atoms with Gasteiger partial charge in [-0.1, -0.05) is 60.7 Å². The molecule has 3 rings (SSSR count). The molecule has 126 valence electrons. The molecule has 0 bridgehead atoms. The molecule has 1 aliphatic rings. The molecule has 0 aliphatic carbocycles. The molecule has 0 spiro atoms. The van der Waals surface area contributed by atoms with E-state index in [9.17, 15) is 9.90 Å². The maximum Gasteiger partial charge on any atom is 0.264 e. The van der Waals surface area contributed by atoms with E-state index in [1.54, 1.807) is 29.2 Å². The summed E-state index contributed by atoms with van der Waals surface area (Å²) in [6, 6.07) is 18.2. The quantitative estimate of drug-likeness (QED) is 0.943. The van der Waals surface area contributed by atoms with Crippen molar-refractivity contribution in [2.75, 3.05) is 13.1 Å². The number of rotatable bonds is 3. The van der Waals surface area contributed by atoms with E-state index in [1.807, 2.05) is 50.2 Å². The van der Waals surface area contributed by atoms with Crippen LogP contribution in [0.15, 0.2) is 60.7 Å². The van der Waals surface area contributed by atoms with Crippen LogP contribution in [0.2, 0.25) is 0 Å². The van der Waals surface area contributed by atoms with Crippen LogP contribution in [0, 0.1) is 0 Å². The second kappa shape index (κ2) is 6.75. The monoisotopic (exact) mass is 325 g/mol. The fourth-order valence-corrected chi connectivity index (χ4v) is 3.34. The van der Waals surface area contributed by atoms with Crippen LogP contribution < -0.4 is 0 Å². The molecule has 2 atom stereocenters. The minimum Gasteiger partial charge on any atom is -0.372 e. The summed E-state index contributed by atoms with van der Waals surface area (Å²) in [6.45, 7) is 4.84. The maximum atomic E-state index is 13.3. The molecule has 2 unspecified atom stereocenters. The van der Waals surface area contributed by atoms with E-state index in [4.69, 9.17) is 4.74 Å². The molecule has 2 aromatic carbocycles. The largest absolute Gasteiger partial charge is 0.372 e. The second-order valence-corrected chi connectivity index (χ2v) is 6.41. The lowest BCUT2D eigenvalue weighted by Crippen LogP contribution is -2.55. The Labute approximate surface area is 142 Å². The molecule has 1 saturated heterocycles. The molecule has 4 heteroatoms. The van der Waals surface area contributed by atoms with Gasteiger partial charge >= 0.3 is 0 Å². The fraction of sp³-hybridized carbons (Fsp3) is 0.350. The Hall–Kier alpha value is -2.17. The Kier molecular flexibility index (Phi) is 4.69. The van der Waals surface area contributed by atoms with Crippen molar-refractivity contribution >= 4 is 5.91 Å². The standard InChI is InChI=1S/C20H23NO3/c1-15-13-21(14-16(2)24-15)19(22)20(23,17-9-5-3-6-10-17)18-11-7-4-8-12-18/h3-12,15-16,23H,13-14H2,1-2H3. The number of carbonyl (C=O) groups excluding carboxylic acids is 1. The zero-order valence-corrected chi connectivity index (χ0v) is 14.1. The molecule has 1 heterocycles. The molecule has 2 aromatic rings. The van der Waals surface area contributed by atoms with Crippen molar-refractivity contribution < 1.29 is 14.6 Å². The number of benzene rings is 2. The number of aliphatic hydroxyl groups is 1. The SMILES string of the molecule is CC1CN(C(=O)C(O)(c2ccccc2)c2ccccc2)CC(C)O1. The predicted molar refractivity (Wildman–Crippen MR) is 92.5 cm³/mol. The van der Waals surface area contributed by atoms with Gasteiger partial charge in [0.25, 0.3) is 5.91 Å². The average molecular weight is 325 g/mol. The molecule has 0 aromatic heterocycles. The molecule has 24 heavy (non-hydrogen) atoms. The van der Waals surface area contributed by atoms with Gasteiger partial charge in [0.2, 0.25) is 0 Å². The summed E-state index contributed by atoms with van der Waals surface area (Å²) in [5.74, 6) is -0.304. The molecule has 0 radical (unpaired) electrons. The van der Waals surface area contributed by atoms with Crippen LogP contribution in [-0.4, -0.2) is 41.2 Å². The van der Waals surface area contributed by atoms with E-state index in [0.29, 0.717) is 24.2 Å². The highest BCUT2D eigenvalue weighted by Gasteiger charge is 2.44. The first-order valence-electron chi connectivity index (χ1n) is 8.30. The molecular weight excluding hydrogens is 302 g/mol. The van der Waals surface area contributed by atoms with Crippen molar-refractivity contribution in [2.45, 2.75) is 31.7 Å². The van der Waals surface area contributed by atoms with Crippen molar-refractivity contribution in [1.82, 2.24) is 4.90 Å². The molecule has 1 N–H and O–H groups in total. The molecule has 1 aliphatic heterocycles. The minimum absolute atomic E-state index is 0.0477. The predicted octanol–water partition coefficient (Wildman–Crippen LogP) is 2.56. The maximum absolute atomic E-state index is 13.3. The highest BCUT2D eigenvalue weighted by Crippen LogP contribution is 2.32. The molecule has 1 fully saturated rings. The Balaban J connectivity index is 2.04. The van der Waals surface area contributed by atoms with Crippen molar-refractivity contribution in [1.29, 1.82) is 0 Å². The minimum atomic E-state index is -1.70. The van der Waals surface area contributed by atoms with Gasteiger partial charge in [0.15, 0.2) is 5.60 Å². The van der Waals surface area contributed by atoms with Gasteiger partial charge in [0, 0.05) is 13.1 Å². The number of ether oxygens (including phenoxy) is 1. The van der Waals surface area contributed by atoms with Crippen LogP contribution in [-0.2, 0) is 15.1 Å². The van der Waals surface area contributed by atoms with Gasteiger partial charge in [-0.15, -0.1) is 0 Å². The van der Waals surface area contributed by atoms with Gasteiger partial charge in [-0.2, -0.15) is 0 Å². The first-order valence-corrected chi connectivity index (χ1v) is 8.30. The van der Waals surface area contributed by atoms with Crippen LogP contribution in [0.5, 0.6) is 0 Å². The van der Waals surface area contributed by atoms with Crippen LogP contribution in [0.1, 0.15) is 25.0 Å². The van der Waals surface area contributed by atoms with E-state index in [2.05, 4.69) is 0 Å². The van der Waals surface area contributed by atoms with E-state index in [-0.39, 0.29) is 18.1 Å². The van der Waals surface area contributed by atoms with Crippen LogP contribution in [0.3, 0.4) is 0 Å². The van der Waals surface area contributed by atoms with Crippen molar-refractivity contribution in [2.24, 2.45) is 0 Å². The van der Waals surface area contributed by atoms with Gasteiger partial charge in [-0.05, 0) is 25.0 Å². The van der Waals surface area contributed by atoms with Gasteiger partial charge in [-0.25, -0.2) is 0 Å². The number of nitrogens with zero attached hydrogens (tertiary/aromatic N) is 1. The smallest absolute Gasteiger partial charge is 0.264 e. The third kappa shape index (κ3) is 3.07. The summed E-state index contributed by atoms with van der Waals surface area (Å²) >= 11 is 0. The summed E-state index contributed by atoms with van der Waals surface area (Å²) in [5, 5.41) is 11.5. The number of hydrogen-bond acceptors (Lipinski definition) is 3. The van der Waals surface area contributed by atoms with Gasteiger partial charge in [-0.3, -0.25) is 4.79 Å². The zero-order chi connectivity index (χ0) is 17.2. The van der Waals surface area contributed by atoms with Gasteiger partial charge in [0.1, 0.15) is 0 Å². The summed E-state index contributed by atoms with van der Waals surface area (Å²) < 4.78 is 5.72. The van der Waals surface area contributed by atoms with Gasteiger partial charge in [0.05, 0.1) is 12.2 Å². The Morgan fingerprint density at radius 1 is 0.958 bits per heavy atom. The van der Waals surface area contributed by atoms with E-state index in [0.717, 1.165) is 0 Å². The normalized spacial score (nSPS) is 21.5. The Bertz CT molecular complexity index is 637. The number of morpholine rings is 1. The third-order valence-electron chi connectivity index (χ3n) is 4.40.